The molecule has 0 N–H and O–H groups in total. The third-order valence-electron chi connectivity index (χ3n) is 11.2. The summed E-state index contributed by atoms with van der Waals surface area (Å²) in [7, 11) is 0. The van der Waals surface area contributed by atoms with E-state index >= 15 is 0 Å². The number of hydrogen-bond acceptors (Lipinski definition) is 4. The Bertz CT molecular complexity index is 3180. The summed E-state index contributed by atoms with van der Waals surface area (Å²) in [5.74, 6) is 2.44. The molecule has 0 saturated carbocycles. The fourth-order valence-electron chi connectivity index (χ4n) is 8.46. The van der Waals surface area contributed by atoms with Crippen molar-refractivity contribution in [2.45, 2.75) is 13.3 Å². The van der Waals surface area contributed by atoms with Gasteiger partial charge < -0.3 is 4.42 Å². The monoisotopic (exact) mass is 717 g/mol. The van der Waals surface area contributed by atoms with Crippen molar-refractivity contribution in [3.05, 3.63) is 181 Å². The molecule has 0 radical (unpaired) electrons. The fourth-order valence-corrected chi connectivity index (χ4v) is 8.46. The molecule has 10 aromatic rings. The van der Waals surface area contributed by atoms with Crippen LogP contribution in [0.4, 0.5) is 0 Å². The summed E-state index contributed by atoms with van der Waals surface area (Å²) in [6.45, 7) is 2.28. The molecule has 264 valence electrons. The van der Waals surface area contributed by atoms with E-state index < -0.39 is 0 Å². The van der Waals surface area contributed by atoms with E-state index in [0.717, 1.165) is 66.9 Å². The van der Waals surface area contributed by atoms with Crippen LogP contribution in [0, 0.1) is 5.92 Å². The van der Waals surface area contributed by atoms with Crippen LogP contribution in [0.25, 0.3) is 106 Å². The van der Waals surface area contributed by atoms with Crippen molar-refractivity contribution in [2.75, 3.05) is 0 Å². The first-order chi connectivity index (χ1) is 27.6. The molecule has 8 aromatic carbocycles. The number of benzene rings is 8. The van der Waals surface area contributed by atoms with Gasteiger partial charge in [0.05, 0.1) is 0 Å². The van der Waals surface area contributed by atoms with Crippen molar-refractivity contribution in [3.8, 4) is 56.4 Å². The van der Waals surface area contributed by atoms with Gasteiger partial charge in [0, 0.05) is 27.5 Å². The second-order valence-electron chi connectivity index (χ2n) is 14.9. The maximum absolute atomic E-state index is 6.40. The zero-order chi connectivity index (χ0) is 37.2. The van der Waals surface area contributed by atoms with E-state index in [9.17, 15) is 0 Å². The summed E-state index contributed by atoms with van der Waals surface area (Å²) in [5.41, 5.74) is 11.8. The predicted octanol–water partition coefficient (Wildman–Crippen LogP) is 13.6. The Morgan fingerprint density at radius 1 is 0.464 bits per heavy atom. The molecule has 4 nitrogen and oxygen atoms in total. The van der Waals surface area contributed by atoms with Crippen LogP contribution in [0.2, 0.25) is 0 Å². The molecule has 2 heterocycles. The molecule has 4 heteroatoms. The largest absolute Gasteiger partial charge is 0.456 e. The van der Waals surface area contributed by atoms with E-state index in [1.54, 1.807) is 0 Å². The number of furan rings is 1. The maximum Gasteiger partial charge on any atom is 0.164 e. The number of allylic oxidation sites excluding steroid dienone is 1. The van der Waals surface area contributed by atoms with Gasteiger partial charge in [-0.3, -0.25) is 0 Å². The van der Waals surface area contributed by atoms with E-state index in [2.05, 4.69) is 165 Å². The van der Waals surface area contributed by atoms with Gasteiger partial charge in [-0.05, 0) is 104 Å². The van der Waals surface area contributed by atoms with Crippen molar-refractivity contribution >= 4 is 49.6 Å². The highest BCUT2D eigenvalue weighted by atomic mass is 16.3. The second kappa shape index (κ2) is 13.0. The topological polar surface area (TPSA) is 51.8 Å². The first-order valence-electron chi connectivity index (χ1n) is 19.2. The quantitative estimate of drug-likeness (QED) is 0.178. The highest BCUT2D eigenvalue weighted by Gasteiger charge is 2.22. The van der Waals surface area contributed by atoms with Crippen LogP contribution >= 0.6 is 0 Å². The van der Waals surface area contributed by atoms with Crippen molar-refractivity contribution in [1.82, 2.24) is 15.0 Å². The smallest absolute Gasteiger partial charge is 0.164 e. The molecule has 0 aliphatic heterocycles. The van der Waals surface area contributed by atoms with Gasteiger partial charge in [-0.1, -0.05) is 146 Å². The Labute approximate surface area is 324 Å². The molecule has 1 aliphatic carbocycles. The number of rotatable bonds is 5. The third-order valence-corrected chi connectivity index (χ3v) is 11.2. The van der Waals surface area contributed by atoms with Crippen molar-refractivity contribution in [2.24, 2.45) is 5.92 Å². The van der Waals surface area contributed by atoms with Gasteiger partial charge in [0.1, 0.15) is 11.2 Å². The molecule has 11 rings (SSSR count). The number of nitrogens with zero attached hydrogens (tertiary/aromatic N) is 3. The summed E-state index contributed by atoms with van der Waals surface area (Å²) in [6.07, 6.45) is 5.55. The third kappa shape index (κ3) is 5.49. The van der Waals surface area contributed by atoms with Crippen LogP contribution in [0.5, 0.6) is 0 Å². The lowest BCUT2D eigenvalue weighted by molar-refractivity contribution is 0.669. The van der Waals surface area contributed by atoms with Gasteiger partial charge >= 0.3 is 0 Å². The fraction of sp³-hybridized carbons (Fsp3) is 0.0577. The van der Waals surface area contributed by atoms with Gasteiger partial charge in [-0.15, -0.1) is 0 Å². The Hall–Kier alpha value is -7.17. The van der Waals surface area contributed by atoms with E-state index in [4.69, 9.17) is 19.4 Å². The Balaban J connectivity index is 1.07. The van der Waals surface area contributed by atoms with Crippen LogP contribution in [-0.2, 0) is 6.42 Å². The minimum Gasteiger partial charge on any atom is -0.456 e. The minimum atomic E-state index is 0.462. The van der Waals surface area contributed by atoms with Gasteiger partial charge in [-0.25, -0.2) is 15.0 Å². The van der Waals surface area contributed by atoms with Crippen LogP contribution in [0.3, 0.4) is 0 Å². The molecule has 0 spiro atoms. The summed E-state index contributed by atoms with van der Waals surface area (Å²) >= 11 is 0. The molecule has 0 saturated heterocycles. The standard InChI is InChI=1S/C52H35N3O/c1-32-19-25-43-44(27-32)41-16-9-8-15-37(41)31-45(43)52-54-50(35-13-6-3-7-14-35)53-51(55-52)39-23-21-34-20-22-38(28-40(34)29-39)42-17-10-18-48-49(42)46-30-36(24-26-47(46)56-48)33-11-4-2-5-12-33/h2-26,28-32H,27H2,1H3. The molecular formula is C52H35N3O. The highest BCUT2D eigenvalue weighted by Crippen LogP contribution is 2.41. The number of aromatic nitrogens is 3. The Morgan fingerprint density at radius 2 is 1.16 bits per heavy atom. The summed E-state index contributed by atoms with van der Waals surface area (Å²) < 4.78 is 6.40. The van der Waals surface area contributed by atoms with E-state index in [0.29, 0.717) is 23.4 Å². The van der Waals surface area contributed by atoms with Crippen LogP contribution in [-0.4, -0.2) is 15.0 Å². The summed E-state index contributed by atoms with van der Waals surface area (Å²) in [5, 5.41) is 6.97. The van der Waals surface area contributed by atoms with E-state index in [-0.39, 0.29) is 0 Å². The predicted molar refractivity (Wildman–Crippen MR) is 231 cm³/mol. The molecular weight excluding hydrogens is 683 g/mol. The Morgan fingerprint density at radius 3 is 2.00 bits per heavy atom. The first-order valence-corrected chi connectivity index (χ1v) is 19.2. The molecule has 1 unspecified atom stereocenters. The lowest BCUT2D eigenvalue weighted by atomic mass is 9.84. The molecule has 1 aliphatic rings. The maximum atomic E-state index is 6.40. The van der Waals surface area contributed by atoms with Gasteiger partial charge in [0.2, 0.25) is 0 Å². The normalized spacial score (nSPS) is 13.8. The molecule has 0 amide bonds. The average Bonchev–Trinajstić information content (AvgIpc) is 3.64. The number of hydrogen-bond donors (Lipinski definition) is 0. The van der Waals surface area contributed by atoms with Crippen LogP contribution < -0.4 is 0 Å². The van der Waals surface area contributed by atoms with Crippen molar-refractivity contribution in [1.29, 1.82) is 0 Å². The molecule has 2 aromatic heterocycles. The van der Waals surface area contributed by atoms with E-state index in [1.165, 1.54) is 33.0 Å². The molecule has 1 atom stereocenters. The zero-order valence-corrected chi connectivity index (χ0v) is 30.8. The molecule has 0 fully saturated rings. The van der Waals surface area contributed by atoms with E-state index in [1.807, 2.05) is 18.2 Å². The lowest BCUT2D eigenvalue weighted by Crippen LogP contribution is -2.07. The summed E-state index contributed by atoms with van der Waals surface area (Å²) in [6, 6.07) is 57.7. The number of fused-ring (bicyclic) bond motifs is 7. The van der Waals surface area contributed by atoms with Crippen molar-refractivity contribution < 1.29 is 4.42 Å². The SMILES string of the molecule is CC1C=Cc2c(-c3nc(-c4ccccc4)nc(-c4ccc5ccc(-c6cccc7oc8ccc(-c9ccccc9)cc8c67)cc5c4)n3)cc3ccccc3c2C1. The zero-order valence-electron chi connectivity index (χ0n) is 30.8. The average molecular weight is 718 g/mol. The highest BCUT2D eigenvalue weighted by molar-refractivity contribution is 6.14. The summed E-state index contributed by atoms with van der Waals surface area (Å²) in [4.78, 5) is 15.5. The van der Waals surface area contributed by atoms with Crippen molar-refractivity contribution in [3.63, 3.8) is 0 Å². The second-order valence-corrected chi connectivity index (χ2v) is 14.9. The van der Waals surface area contributed by atoms with Gasteiger partial charge in [0.15, 0.2) is 17.5 Å². The van der Waals surface area contributed by atoms with Gasteiger partial charge in [0.25, 0.3) is 0 Å². The minimum absolute atomic E-state index is 0.462. The lowest BCUT2D eigenvalue weighted by Gasteiger charge is -2.21. The van der Waals surface area contributed by atoms with Crippen LogP contribution in [0.15, 0.2) is 174 Å². The van der Waals surface area contributed by atoms with Gasteiger partial charge in [-0.2, -0.15) is 0 Å². The first kappa shape index (κ1) is 32.3. The molecule has 56 heavy (non-hydrogen) atoms. The molecule has 0 bridgehead atoms. The Kier molecular flexibility index (Phi) is 7.49. The van der Waals surface area contributed by atoms with Crippen LogP contribution in [0.1, 0.15) is 18.1 Å².